The zero-order valence-corrected chi connectivity index (χ0v) is 10.3. The molecule has 1 heterocycles. The number of para-hydroxylation sites is 2. The van der Waals surface area contributed by atoms with Gasteiger partial charge in [0, 0.05) is 6.54 Å². The van der Waals surface area contributed by atoms with Crippen LogP contribution in [0.2, 0.25) is 0 Å². The second kappa shape index (κ2) is 5.73. The van der Waals surface area contributed by atoms with Crippen LogP contribution in [0.4, 0.5) is 5.69 Å². The van der Waals surface area contributed by atoms with Crippen LogP contribution < -0.4 is 9.64 Å². The van der Waals surface area contributed by atoms with Crippen molar-refractivity contribution >= 4 is 11.7 Å². The smallest absolute Gasteiger partial charge is 0.334 e. The number of benzene rings is 1. The van der Waals surface area contributed by atoms with Crippen molar-refractivity contribution in [3.8, 4) is 5.75 Å². The molecule has 0 aromatic heterocycles. The van der Waals surface area contributed by atoms with Gasteiger partial charge in [-0.2, -0.15) is 0 Å². The molecule has 0 bridgehead atoms. The van der Waals surface area contributed by atoms with Crippen LogP contribution in [-0.4, -0.2) is 43.5 Å². The molecule has 5 nitrogen and oxygen atoms in total. The Hall–Kier alpha value is -1.75. The predicted molar refractivity (Wildman–Crippen MR) is 67.2 cm³/mol. The highest BCUT2D eigenvalue weighted by atomic mass is 16.5. The molecule has 0 saturated carbocycles. The van der Waals surface area contributed by atoms with Crippen LogP contribution in [0.25, 0.3) is 0 Å². The molecular formula is C13H17NO4. The maximum absolute atomic E-state index is 11.0. The first-order valence-electron chi connectivity index (χ1n) is 6.03. The third-order valence-electron chi connectivity index (χ3n) is 2.85. The average Bonchev–Trinajstić information content (AvgIpc) is 2.40. The number of nitrogens with zero attached hydrogens (tertiary/aromatic N) is 1. The third kappa shape index (κ3) is 2.73. The van der Waals surface area contributed by atoms with Crippen molar-refractivity contribution in [3.05, 3.63) is 24.3 Å². The lowest BCUT2D eigenvalue weighted by Crippen LogP contribution is -2.46. The van der Waals surface area contributed by atoms with Gasteiger partial charge in [-0.25, -0.2) is 4.79 Å². The predicted octanol–water partition coefficient (Wildman–Crippen LogP) is 1.38. The number of ether oxygens (including phenoxy) is 2. The molecule has 1 aromatic carbocycles. The molecule has 1 aliphatic heterocycles. The van der Waals surface area contributed by atoms with E-state index in [1.165, 1.54) is 0 Å². The summed E-state index contributed by atoms with van der Waals surface area (Å²) < 4.78 is 10.8. The number of aliphatic carboxylic acids is 1. The van der Waals surface area contributed by atoms with Crippen molar-refractivity contribution < 1.29 is 19.4 Å². The highest BCUT2D eigenvalue weighted by Gasteiger charge is 2.27. The number of morpholine rings is 1. The van der Waals surface area contributed by atoms with E-state index in [0.717, 1.165) is 11.4 Å². The fraction of sp³-hybridized carbons (Fsp3) is 0.462. The number of carbonyl (C=O) groups is 1. The summed E-state index contributed by atoms with van der Waals surface area (Å²) in [5, 5.41) is 8.99. The van der Waals surface area contributed by atoms with Gasteiger partial charge in [-0.15, -0.1) is 0 Å². The molecule has 5 heteroatoms. The monoisotopic (exact) mass is 251 g/mol. The summed E-state index contributed by atoms with van der Waals surface area (Å²) in [4.78, 5) is 13.0. The Labute approximate surface area is 106 Å². The second-order valence-corrected chi connectivity index (χ2v) is 4.04. The lowest BCUT2D eigenvalue weighted by molar-refractivity contribution is -0.150. The number of anilines is 1. The van der Waals surface area contributed by atoms with Gasteiger partial charge in [0.25, 0.3) is 0 Å². The molecule has 1 saturated heterocycles. The first-order chi connectivity index (χ1) is 8.72. The van der Waals surface area contributed by atoms with Crippen LogP contribution in [0.15, 0.2) is 24.3 Å². The van der Waals surface area contributed by atoms with Gasteiger partial charge >= 0.3 is 5.97 Å². The molecule has 1 fully saturated rings. The Morgan fingerprint density at radius 2 is 2.33 bits per heavy atom. The van der Waals surface area contributed by atoms with E-state index < -0.39 is 12.1 Å². The minimum absolute atomic E-state index is 0.347. The molecule has 0 aliphatic carbocycles. The molecule has 0 spiro atoms. The molecule has 18 heavy (non-hydrogen) atoms. The zero-order chi connectivity index (χ0) is 13.0. The van der Waals surface area contributed by atoms with Crippen LogP contribution in [0, 0.1) is 0 Å². The van der Waals surface area contributed by atoms with Crippen molar-refractivity contribution in [2.45, 2.75) is 13.0 Å². The molecule has 98 valence electrons. The minimum atomic E-state index is -0.923. The lowest BCUT2D eigenvalue weighted by atomic mass is 10.2. The number of hydrogen-bond donors (Lipinski definition) is 1. The maximum atomic E-state index is 11.0. The summed E-state index contributed by atoms with van der Waals surface area (Å²) in [5.74, 6) is -0.139. The van der Waals surface area contributed by atoms with Gasteiger partial charge in [0.1, 0.15) is 5.75 Å². The first-order valence-corrected chi connectivity index (χ1v) is 6.03. The standard InChI is InChI=1S/C13H17NO4/c1-2-17-11-6-4-3-5-10(11)14-7-8-18-12(9-14)13(15)16/h3-6,12H,2,7-9H2,1H3,(H,15,16). The topological polar surface area (TPSA) is 59.0 Å². The van der Waals surface area contributed by atoms with E-state index in [1.54, 1.807) is 0 Å². The Morgan fingerprint density at radius 1 is 1.56 bits per heavy atom. The molecule has 0 amide bonds. The molecule has 0 radical (unpaired) electrons. The van der Waals surface area contributed by atoms with E-state index >= 15 is 0 Å². The fourth-order valence-corrected chi connectivity index (χ4v) is 2.01. The third-order valence-corrected chi connectivity index (χ3v) is 2.85. The Kier molecular flexibility index (Phi) is 4.04. The number of carboxylic acids is 1. The molecule has 1 aliphatic rings. The lowest BCUT2D eigenvalue weighted by Gasteiger charge is -2.33. The van der Waals surface area contributed by atoms with Crippen molar-refractivity contribution in [2.24, 2.45) is 0 Å². The quantitative estimate of drug-likeness (QED) is 0.876. The zero-order valence-electron chi connectivity index (χ0n) is 10.3. The van der Waals surface area contributed by atoms with E-state index in [0.29, 0.717) is 26.3 Å². The van der Waals surface area contributed by atoms with E-state index in [-0.39, 0.29) is 0 Å². The van der Waals surface area contributed by atoms with E-state index in [2.05, 4.69) is 0 Å². The highest BCUT2D eigenvalue weighted by Crippen LogP contribution is 2.29. The molecule has 1 atom stereocenters. The van der Waals surface area contributed by atoms with Crippen LogP contribution in [0.5, 0.6) is 5.75 Å². The van der Waals surface area contributed by atoms with Gasteiger partial charge in [-0.05, 0) is 19.1 Å². The highest BCUT2D eigenvalue weighted by molar-refractivity contribution is 5.74. The number of carboxylic acid groups (broad SMARTS) is 1. The van der Waals surface area contributed by atoms with E-state index in [9.17, 15) is 4.79 Å². The average molecular weight is 251 g/mol. The van der Waals surface area contributed by atoms with Gasteiger partial charge in [0.2, 0.25) is 0 Å². The van der Waals surface area contributed by atoms with E-state index in [4.69, 9.17) is 14.6 Å². The second-order valence-electron chi connectivity index (χ2n) is 4.04. The van der Waals surface area contributed by atoms with Crippen LogP contribution in [0.3, 0.4) is 0 Å². The summed E-state index contributed by atoms with van der Waals surface area (Å²) in [5.41, 5.74) is 0.925. The molecule has 1 unspecified atom stereocenters. The largest absolute Gasteiger partial charge is 0.492 e. The Bertz CT molecular complexity index is 421. The van der Waals surface area contributed by atoms with Crippen LogP contribution in [-0.2, 0) is 9.53 Å². The fourth-order valence-electron chi connectivity index (χ4n) is 2.01. The first kappa shape index (κ1) is 12.7. The molecular weight excluding hydrogens is 234 g/mol. The van der Waals surface area contributed by atoms with Gasteiger partial charge in [0.05, 0.1) is 25.4 Å². The number of rotatable bonds is 4. The van der Waals surface area contributed by atoms with E-state index in [1.807, 2.05) is 36.1 Å². The van der Waals surface area contributed by atoms with Gasteiger partial charge in [-0.1, -0.05) is 12.1 Å². The van der Waals surface area contributed by atoms with Crippen molar-refractivity contribution in [2.75, 3.05) is 31.2 Å². The van der Waals surface area contributed by atoms with Crippen molar-refractivity contribution in [3.63, 3.8) is 0 Å². The molecule has 1 aromatic rings. The molecule has 1 N–H and O–H groups in total. The van der Waals surface area contributed by atoms with Crippen molar-refractivity contribution in [1.82, 2.24) is 0 Å². The normalized spacial score (nSPS) is 19.6. The maximum Gasteiger partial charge on any atom is 0.334 e. The number of hydrogen-bond acceptors (Lipinski definition) is 4. The molecule has 2 rings (SSSR count). The summed E-state index contributed by atoms with van der Waals surface area (Å²) in [6.07, 6.45) is -0.770. The van der Waals surface area contributed by atoms with Gasteiger partial charge in [-0.3, -0.25) is 0 Å². The SMILES string of the molecule is CCOc1ccccc1N1CCOC(C(=O)O)C1. The van der Waals surface area contributed by atoms with Crippen LogP contribution >= 0.6 is 0 Å². The minimum Gasteiger partial charge on any atom is -0.492 e. The van der Waals surface area contributed by atoms with Gasteiger partial charge < -0.3 is 19.5 Å². The summed E-state index contributed by atoms with van der Waals surface area (Å²) in [6, 6.07) is 7.66. The van der Waals surface area contributed by atoms with Gasteiger partial charge in [0.15, 0.2) is 6.10 Å². The summed E-state index contributed by atoms with van der Waals surface area (Å²) in [7, 11) is 0. The Balaban J connectivity index is 2.17. The summed E-state index contributed by atoms with van der Waals surface area (Å²) >= 11 is 0. The van der Waals surface area contributed by atoms with Crippen molar-refractivity contribution in [1.29, 1.82) is 0 Å². The summed E-state index contributed by atoms with van der Waals surface area (Å²) in [6.45, 7) is 3.95. The van der Waals surface area contributed by atoms with Crippen LogP contribution in [0.1, 0.15) is 6.92 Å². The Morgan fingerprint density at radius 3 is 3.06 bits per heavy atom.